The van der Waals surface area contributed by atoms with Crippen LogP contribution < -0.4 is 0 Å². The number of aliphatic hydroxyl groups excluding tert-OH is 2. The summed E-state index contributed by atoms with van der Waals surface area (Å²) in [6.45, 7) is 1.01. The molecule has 1 aliphatic rings. The molecule has 0 atom stereocenters. The SMILES string of the molecule is OCCC1(CCO)CO1. The Labute approximate surface area is 54.3 Å². The Balaban J connectivity index is 2.17. The third kappa shape index (κ3) is 1.64. The minimum atomic E-state index is -0.149. The van der Waals surface area contributed by atoms with Gasteiger partial charge in [0.05, 0.1) is 12.2 Å². The molecule has 0 aromatic carbocycles. The Morgan fingerprint density at radius 2 is 1.67 bits per heavy atom. The number of hydrogen-bond acceptors (Lipinski definition) is 3. The molecule has 0 amide bonds. The van der Waals surface area contributed by atoms with Crippen LogP contribution in [0.15, 0.2) is 0 Å². The van der Waals surface area contributed by atoms with Gasteiger partial charge in [0, 0.05) is 26.1 Å². The quantitative estimate of drug-likeness (QED) is 0.508. The predicted molar refractivity (Wildman–Crippen MR) is 32.1 cm³/mol. The highest BCUT2D eigenvalue weighted by Gasteiger charge is 2.42. The van der Waals surface area contributed by atoms with Gasteiger partial charge in [0.1, 0.15) is 0 Å². The molecule has 0 saturated carbocycles. The molecular formula is C6H12O3. The van der Waals surface area contributed by atoms with Crippen molar-refractivity contribution in [3.63, 3.8) is 0 Å². The average molecular weight is 132 g/mol. The van der Waals surface area contributed by atoms with E-state index in [2.05, 4.69) is 0 Å². The lowest BCUT2D eigenvalue weighted by Gasteiger charge is -2.05. The fourth-order valence-corrected chi connectivity index (χ4v) is 0.923. The maximum Gasteiger partial charge on any atom is 0.0960 e. The van der Waals surface area contributed by atoms with E-state index in [-0.39, 0.29) is 18.8 Å². The van der Waals surface area contributed by atoms with E-state index in [1.165, 1.54) is 0 Å². The van der Waals surface area contributed by atoms with Crippen molar-refractivity contribution >= 4 is 0 Å². The van der Waals surface area contributed by atoms with Gasteiger partial charge in [0.15, 0.2) is 0 Å². The minimum Gasteiger partial charge on any atom is -0.396 e. The van der Waals surface area contributed by atoms with Gasteiger partial charge in [-0.2, -0.15) is 0 Å². The normalized spacial score (nSPS) is 22.0. The standard InChI is InChI=1S/C6H12O3/c7-3-1-6(2-4-8)5-9-6/h7-8H,1-5H2. The lowest BCUT2D eigenvalue weighted by Crippen LogP contribution is -2.14. The summed E-state index contributed by atoms with van der Waals surface area (Å²) in [7, 11) is 0. The van der Waals surface area contributed by atoms with Crippen LogP contribution in [-0.4, -0.2) is 35.6 Å². The Morgan fingerprint density at radius 3 is 1.89 bits per heavy atom. The number of hydrogen-bond donors (Lipinski definition) is 2. The van der Waals surface area contributed by atoms with Gasteiger partial charge < -0.3 is 14.9 Å². The van der Waals surface area contributed by atoms with Gasteiger partial charge in [-0.05, 0) is 0 Å². The van der Waals surface area contributed by atoms with Crippen LogP contribution in [0.3, 0.4) is 0 Å². The molecule has 1 fully saturated rings. The zero-order valence-electron chi connectivity index (χ0n) is 5.34. The summed E-state index contributed by atoms with van der Waals surface area (Å²) >= 11 is 0. The second kappa shape index (κ2) is 2.64. The first kappa shape index (κ1) is 6.99. The van der Waals surface area contributed by atoms with Gasteiger partial charge in [-0.3, -0.25) is 0 Å². The zero-order chi connectivity index (χ0) is 6.74. The largest absolute Gasteiger partial charge is 0.396 e. The van der Waals surface area contributed by atoms with E-state index in [1.807, 2.05) is 0 Å². The molecule has 1 saturated heterocycles. The number of aliphatic hydroxyl groups is 2. The monoisotopic (exact) mass is 132 g/mol. The van der Waals surface area contributed by atoms with Gasteiger partial charge in [0.25, 0.3) is 0 Å². The third-order valence-electron chi connectivity index (χ3n) is 1.69. The number of ether oxygens (including phenoxy) is 1. The summed E-state index contributed by atoms with van der Waals surface area (Å²) in [5.74, 6) is 0. The molecule has 3 nitrogen and oxygen atoms in total. The fourth-order valence-electron chi connectivity index (χ4n) is 0.923. The van der Waals surface area contributed by atoms with Crippen LogP contribution in [0.2, 0.25) is 0 Å². The molecule has 0 aromatic heterocycles. The fraction of sp³-hybridized carbons (Fsp3) is 1.00. The van der Waals surface area contributed by atoms with E-state index in [0.717, 1.165) is 0 Å². The van der Waals surface area contributed by atoms with E-state index >= 15 is 0 Å². The predicted octanol–water partition coefficient (Wildman–Crippen LogP) is -0.480. The first-order valence-electron chi connectivity index (χ1n) is 3.19. The van der Waals surface area contributed by atoms with Gasteiger partial charge in [0.2, 0.25) is 0 Å². The molecule has 0 radical (unpaired) electrons. The van der Waals surface area contributed by atoms with Crippen molar-refractivity contribution in [2.45, 2.75) is 18.4 Å². The molecule has 0 aromatic rings. The highest BCUT2D eigenvalue weighted by atomic mass is 16.6. The lowest BCUT2D eigenvalue weighted by atomic mass is 10.0. The van der Waals surface area contributed by atoms with Crippen molar-refractivity contribution < 1.29 is 14.9 Å². The van der Waals surface area contributed by atoms with Crippen molar-refractivity contribution in [3.05, 3.63) is 0 Å². The topological polar surface area (TPSA) is 53.0 Å². The van der Waals surface area contributed by atoms with E-state index < -0.39 is 0 Å². The maximum absolute atomic E-state index is 8.51. The van der Waals surface area contributed by atoms with E-state index in [9.17, 15) is 0 Å². The molecule has 1 rings (SSSR count). The van der Waals surface area contributed by atoms with Gasteiger partial charge in [-0.25, -0.2) is 0 Å². The molecule has 3 heteroatoms. The Bertz CT molecular complexity index is 80.3. The summed E-state index contributed by atoms with van der Waals surface area (Å²) in [6.07, 6.45) is 1.32. The summed E-state index contributed by atoms with van der Waals surface area (Å²) in [4.78, 5) is 0. The molecule has 0 aliphatic carbocycles. The first-order valence-corrected chi connectivity index (χ1v) is 3.19. The van der Waals surface area contributed by atoms with Crippen LogP contribution in [0.5, 0.6) is 0 Å². The molecule has 2 N–H and O–H groups in total. The molecule has 1 heterocycles. The second-order valence-electron chi connectivity index (χ2n) is 2.42. The van der Waals surface area contributed by atoms with Crippen molar-refractivity contribution in [3.8, 4) is 0 Å². The summed E-state index contributed by atoms with van der Waals surface area (Å²) in [5.41, 5.74) is -0.149. The third-order valence-corrected chi connectivity index (χ3v) is 1.69. The van der Waals surface area contributed by atoms with E-state index in [1.54, 1.807) is 0 Å². The van der Waals surface area contributed by atoms with E-state index in [0.29, 0.717) is 19.4 Å². The van der Waals surface area contributed by atoms with Gasteiger partial charge in [-0.15, -0.1) is 0 Å². The van der Waals surface area contributed by atoms with E-state index in [4.69, 9.17) is 14.9 Å². The number of epoxide rings is 1. The van der Waals surface area contributed by atoms with Crippen molar-refractivity contribution in [2.24, 2.45) is 0 Å². The molecule has 1 aliphatic heterocycles. The van der Waals surface area contributed by atoms with Crippen molar-refractivity contribution in [1.82, 2.24) is 0 Å². The molecule has 0 bridgehead atoms. The molecular weight excluding hydrogens is 120 g/mol. The first-order chi connectivity index (χ1) is 4.33. The van der Waals surface area contributed by atoms with Crippen LogP contribution in [-0.2, 0) is 4.74 Å². The smallest absolute Gasteiger partial charge is 0.0960 e. The highest BCUT2D eigenvalue weighted by Crippen LogP contribution is 2.33. The highest BCUT2D eigenvalue weighted by molar-refractivity contribution is 4.91. The number of rotatable bonds is 4. The molecule has 9 heavy (non-hydrogen) atoms. The molecule has 0 unspecified atom stereocenters. The Hall–Kier alpha value is -0.120. The lowest BCUT2D eigenvalue weighted by molar-refractivity contribution is 0.174. The minimum absolute atomic E-state index is 0.149. The Kier molecular flexibility index (Phi) is 2.05. The zero-order valence-corrected chi connectivity index (χ0v) is 5.34. The average Bonchev–Trinajstić information content (AvgIpc) is 2.51. The summed E-state index contributed by atoms with van der Waals surface area (Å²) in [5, 5.41) is 17.0. The molecule has 0 spiro atoms. The summed E-state index contributed by atoms with van der Waals surface area (Å²) in [6, 6.07) is 0. The summed E-state index contributed by atoms with van der Waals surface area (Å²) < 4.78 is 5.06. The van der Waals surface area contributed by atoms with Gasteiger partial charge in [-0.1, -0.05) is 0 Å². The van der Waals surface area contributed by atoms with Crippen LogP contribution in [0.1, 0.15) is 12.8 Å². The molecule has 54 valence electrons. The van der Waals surface area contributed by atoms with Crippen molar-refractivity contribution in [2.75, 3.05) is 19.8 Å². The van der Waals surface area contributed by atoms with Crippen LogP contribution in [0.4, 0.5) is 0 Å². The van der Waals surface area contributed by atoms with Crippen molar-refractivity contribution in [1.29, 1.82) is 0 Å². The van der Waals surface area contributed by atoms with Crippen LogP contribution >= 0.6 is 0 Å². The Morgan fingerprint density at radius 1 is 1.22 bits per heavy atom. The van der Waals surface area contributed by atoms with Gasteiger partial charge >= 0.3 is 0 Å². The second-order valence-corrected chi connectivity index (χ2v) is 2.42. The van der Waals surface area contributed by atoms with Crippen LogP contribution in [0.25, 0.3) is 0 Å². The maximum atomic E-state index is 8.51. The van der Waals surface area contributed by atoms with Crippen LogP contribution in [0, 0.1) is 0 Å².